The van der Waals surface area contributed by atoms with Crippen LogP contribution in [-0.4, -0.2) is 5.11 Å². The lowest BCUT2D eigenvalue weighted by Gasteiger charge is -2.12. The molecule has 1 unspecified atom stereocenters. The van der Waals surface area contributed by atoms with E-state index >= 15 is 0 Å². The van der Waals surface area contributed by atoms with Gasteiger partial charge in [-0.2, -0.15) is 0 Å². The number of aliphatic hydroxyl groups excluding tert-OH is 1. The highest BCUT2D eigenvalue weighted by molar-refractivity contribution is 9.10. The van der Waals surface area contributed by atoms with Crippen LogP contribution >= 0.6 is 15.9 Å². The van der Waals surface area contributed by atoms with Crippen molar-refractivity contribution < 1.29 is 13.9 Å². The third-order valence-corrected chi connectivity index (χ3v) is 3.13. The zero-order valence-electron chi connectivity index (χ0n) is 9.41. The average molecular weight is 313 g/mol. The SMILES string of the molecule is OC(Cc1cccc(Br)c1)c1cc(F)ccc1F. The number of hydrogen-bond acceptors (Lipinski definition) is 1. The molecule has 0 aliphatic carbocycles. The molecule has 0 radical (unpaired) electrons. The predicted molar refractivity (Wildman–Crippen MR) is 69.2 cm³/mol. The van der Waals surface area contributed by atoms with Gasteiger partial charge in [-0.15, -0.1) is 0 Å². The Morgan fingerprint density at radius 3 is 2.61 bits per heavy atom. The Balaban J connectivity index is 2.21. The first-order chi connectivity index (χ1) is 8.56. The van der Waals surface area contributed by atoms with E-state index in [4.69, 9.17) is 0 Å². The summed E-state index contributed by atoms with van der Waals surface area (Å²) in [5.74, 6) is -1.15. The predicted octanol–water partition coefficient (Wildman–Crippen LogP) is 4.00. The standard InChI is InChI=1S/C14H11BrF2O/c15-10-3-1-2-9(6-10)7-14(18)12-8-11(16)4-5-13(12)17/h1-6,8,14,18H,7H2. The average Bonchev–Trinajstić information content (AvgIpc) is 2.32. The van der Waals surface area contributed by atoms with Crippen molar-refractivity contribution >= 4 is 15.9 Å². The van der Waals surface area contributed by atoms with E-state index in [9.17, 15) is 13.9 Å². The van der Waals surface area contributed by atoms with Crippen LogP contribution in [0.3, 0.4) is 0 Å². The molecule has 0 saturated heterocycles. The van der Waals surface area contributed by atoms with Gasteiger partial charge >= 0.3 is 0 Å². The van der Waals surface area contributed by atoms with Gasteiger partial charge in [0.2, 0.25) is 0 Å². The van der Waals surface area contributed by atoms with Crippen molar-refractivity contribution in [2.75, 3.05) is 0 Å². The molecular formula is C14H11BrF2O. The smallest absolute Gasteiger partial charge is 0.129 e. The molecule has 0 spiro atoms. The van der Waals surface area contributed by atoms with Crippen molar-refractivity contribution in [1.82, 2.24) is 0 Å². The lowest BCUT2D eigenvalue weighted by atomic mass is 10.0. The minimum atomic E-state index is -1.06. The second kappa shape index (κ2) is 5.59. The maximum atomic E-state index is 13.5. The quantitative estimate of drug-likeness (QED) is 0.908. The van der Waals surface area contributed by atoms with E-state index in [2.05, 4.69) is 15.9 Å². The maximum absolute atomic E-state index is 13.5. The largest absolute Gasteiger partial charge is 0.388 e. The van der Waals surface area contributed by atoms with Crippen LogP contribution in [0, 0.1) is 11.6 Å². The molecule has 4 heteroatoms. The highest BCUT2D eigenvalue weighted by Gasteiger charge is 2.14. The molecule has 2 aromatic rings. The highest BCUT2D eigenvalue weighted by atomic mass is 79.9. The van der Waals surface area contributed by atoms with Crippen LogP contribution in [-0.2, 0) is 6.42 Å². The minimum Gasteiger partial charge on any atom is -0.388 e. The van der Waals surface area contributed by atoms with Crippen LogP contribution in [0.25, 0.3) is 0 Å². The number of rotatable bonds is 3. The van der Waals surface area contributed by atoms with Gasteiger partial charge in [0.15, 0.2) is 0 Å². The van der Waals surface area contributed by atoms with Gasteiger partial charge in [-0.3, -0.25) is 0 Å². The molecule has 0 aliphatic rings. The molecule has 1 atom stereocenters. The molecule has 2 rings (SSSR count). The van der Waals surface area contributed by atoms with Crippen molar-refractivity contribution in [2.45, 2.75) is 12.5 Å². The molecular weight excluding hydrogens is 302 g/mol. The summed E-state index contributed by atoms with van der Waals surface area (Å²) in [5.41, 5.74) is 0.829. The summed E-state index contributed by atoms with van der Waals surface area (Å²) in [6.07, 6.45) is -0.824. The molecule has 2 aromatic carbocycles. The highest BCUT2D eigenvalue weighted by Crippen LogP contribution is 2.23. The van der Waals surface area contributed by atoms with Crippen LogP contribution in [0.5, 0.6) is 0 Å². The third-order valence-electron chi connectivity index (χ3n) is 2.64. The fourth-order valence-electron chi connectivity index (χ4n) is 1.77. The van der Waals surface area contributed by atoms with Crippen molar-refractivity contribution in [3.05, 3.63) is 69.7 Å². The summed E-state index contributed by atoms with van der Waals surface area (Å²) in [7, 11) is 0. The number of hydrogen-bond donors (Lipinski definition) is 1. The molecule has 0 fully saturated rings. The van der Waals surface area contributed by atoms with Gasteiger partial charge in [-0.1, -0.05) is 28.1 Å². The Kier molecular flexibility index (Phi) is 4.09. The Labute approximate surface area is 112 Å². The van der Waals surface area contributed by atoms with E-state index in [1.54, 1.807) is 0 Å². The molecule has 0 aromatic heterocycles. The molecule has 0 amide bonds. The first-order valence-electron chi connectivity index (χ1n) is 5.44. The van der Waals surface area contributed by atoms with Gasteiger partial charge in [-0.25, -0.2) is 8.78 Å². The maximum Gasteiger partial charge on any atom is 0.129 e. The van der Waals surface area contributed by atoms with Crippen molar-refractivity contribution in [3.8, 4) is 0 Å². The molecule has 0 heterocycles. The summed E-state index contributed by atoms with van der Waals surface area (Å²) in [6.45, 7) is 0. The molecule has 0 bridgehead atoms. The van der Waals surface area contributed by atoms with Crippen molar-refractivity contribution in [1.29, 1.82) is 0 Å². The molecule has 18 heavy (non-hydrogen) atoms. The van der Waals surface area contributed by atoms with Crippen molar-refractivity contribution in [2.24, 2.45) is 0 Å². The second-order valence-corrected chi connectivity index (χ2v) is 4.93. The second-order valence-electron chi connectivity index (χ2n) is 4.02. The zero-order chi connectivity index (χ0) is 13.1. The Bertz CT molecular complexity index is 557. The summed E-state index contributed by atoms with van der Waals surface area (Å²) in [6, 6.07) is 10.4. The van der Waals surface area contributed by atoms with E-state index in [-0.39, 0.29) is 12.0 Å². The van der Waals surface area contributed by atoms with Crippen LogP contribution < -0.4 is 0 Å². The molecule has 0 aliphatic heterocycles. The van der Waals surface area contributed by atoms with E-state index in [0.29, 0.717) is 0 Å². The summed E-state index contributed by atoms with van der Waals surface area (Å²) < 4.78 is 27.4. The van der Waals surface area contributed by atoms with Gasteiger partial charge in [0, 0.05) is 16.5 Å². The monoisotopic (exact) mass is 312 g/mol. The fraction of sp³-hybridized carbons (Fsp3) is 0.143. The Hall–Kier alpha value is -1.26. The van der Waals surface area contributed by atoms with Gasteiger partial charge < -0.3 is 5.11 Å². The van der Waals surface area contributed by atoms with Gasteiger partial charge in [0.25, 0.3) is 0 Å². The topological polar surface area (TPSA) is 20.2 Å². The Morgan fingerprint density at radius 1 is 1.11 bits per heavy atom. The number of halogens is 3. The molecule has 0 saturated carbocycles. The normalized spacial score (nSPS) is 12.4. The van der Waals surface area contributed by atoms with E-state index in [1.807, 2.05) is 24.3 Å². The first kappa shape index (κ1) is 13.2. The minimum absolute atomic E-state index is 0.0185. The van der Waals surface area contributed by atoms with Crippen LogP contribution in [0.15, 0.2) is 46.9 Å². The third kappa shape index (κ3) is 3.15. The lowest BCUT2D eigenvalue weighted by molar-refractivity contribution is 0.173. The van der Waals surface area contributed by atoms with Crippen molar-refractivity contribution in [3.63, 3.8) is 0 Å². The lowest BCUT2D eigenvalue weighted by Crippen LogP contribution is -2.05. The van der Waals surface area contributed by atoms with E-state index in [0.717, 1.165) is 28.2 Å². The summed E-state index contributed by atoms with van der Waals surface area (Å²) in [4.78, 5) is 0. The fourth-order valence-corrected chi connectivity index (χ4v) is 2.21. The van der Waals surface area contributed by atoms with Gasteiger partial charge in [-0.05, 0) is 35.9 Å². The van der Waals surface area contributed by atoms with Crippen LogP contribution in [0.2, 0.25) is 0 Å². The summed E-state index contributed by atoms with van der Waals surface area (Å²) in [5, 5.41) is 9.95. The molecule has 94 valence electrons. The molecule has 1 nitrogen and oxygen atoms in total. The van der Waals surface area contributed by atoms with E-state index < -0.39 is 17.7 Å². The van der Waals surface area contributed by atoms with Gasteiger partial charge in [0.1, 0.15) is 11.6 Å². The molecule has 1 N–H and O–H groups in total. The Morgan fingerprint density at radius 2 is 1.89 bits per heavy atom. The first-order valence-corrected chi connectivity index (χ1v) is 6.23. The number of aliphatic hydroxyl groups is 1. The van der Waals surface area contributed by atoms with Crippen LogP contribution in [0.1, 0.15) is 17.2 Å². The van der Waals surface area contributed by atoms with Crippen LogP contribution in [0.4, 0.5) is 8.78 Å². The zero-order valence-corrected chi connectivity index (χ0v) is 11.0. The van der Waals surface area contributed by atoms with Gasteiger partial charge in [0.05, 0.1) is 6.10 Å². The number of benzene rings is 2. The summed E-state index contributed by atoms with van der Waals surface area (Å²) >= 11 is 3.32. The van der Waals surface area contributed by atoms with E-state index in [1.165, 1.54) is 0 Å².